The third-order valence-corrected chi connectivity index (χ3v) is 13.9. The number of aromatic nitrogens is 3. The largest absolute Gasteiger partial charge is 0.366 e. The first kappa shape index (κ1) is 66.7. The van der Waals surface area contributed by atoms with Gasteiger partial charge in [0.25, 0.3) is 5.91 Å². The van der Waals surface area contributed by atoms with Gasteiger partial charge >= 0.3 is 0 Å². The van der Waals surface area contributed by atoms with Crippen LogP contribution in [0, 0.1) is 24.1 Å². The van der Waals surface area contributed by atoms with E-state index in [1.807, 2.05) is 62.6 Å². The first-order chi connectivity index (χ1) is 39.8. The summed E-state index contributed by atoms with van der Waals surface area (Å²) < 4.78 is 13.2. The molecule has 82 heavy (non-hydrogen) atoms. The molecule has 3 fully saturated rings. The number of nitrogens with zero attached hydrogens (tertiary/aromatic N) is 8. The smallest absolute Gasteiger partial charge is 0.274 e. The zero-order valence-electron chi connectivity index (χ0n) is 49.1. The topological polar surface area (TPSA) is 243 Å². The predicted molar refractivity (Wildman–Crippen MR) is 321 cm³/mol. The number of anilines is 1. The highest BCUT2D eigenvalue weighted by atomic mass is 19.1. The fourth-order valence-corrected chi connectivity index (χ4v) is 9.39. The molecule has 3 aliphatic rings. The van der Waals surface area contributed by atoms with E-state index in [1.165, 1.54) is 11.6 Å². The van der Waals surface area contributed by atoms with Crippen LogP contribution in [-0.4, -0.2) is 173 Å². The minimum atomic E-state index is -0.555. The van der Waals surface area contributed by atoms with Gasteiger partial charge in [0.05, 0.1) is 25.3 Å². The summed E-state index contributed by atoms with van der Waals surface area (Å²) in [4.78, 5) is 94.7. The number of piperazine rings is 2. The molecule has 3 aliphatic heterocycles. The number of rotatable bonds is 20. The van der Waals surface area contributed by atoms with Gasteiger partial charge in [-0.2, -0.15) is 0 Å². The molecule has 3 aromatic carbocycles. The maximum atomic E-state index is 13.9. The van der Waals surface area contributed by atoms with Gasteiger partial charge in [0.15, 0.2) is 5.69 Å². The Kier molecular flexibility index (Phi) is 29.7. The van der Waals surface area contributed by atoms with E-state index in [9.17, 15) is 33.2 Å². The Labute approximate surface area is 484 Å². The van der Waals surface area contributed by atoms with Crippen molar-refractivity contribution >= 4 is 47.8 Å². The third kappa shape index (κ3) is 21.6. The summed E-state index contributed by atoms with van der Waals surface area (Å²) in [5.74, 6) is -0.0153. The molecule has 0 bridgehead atoms. The molecule has 0 aliphatic carbocycles. The molecule has 5 aromatic rings. The molecule has 2 aromatic heterocycles. The second-order valence-electron chi connectivity index (χ2n) is 19.5. The van der Waals surface area contributed by atoms with Crippen molar-refractivity contribution in [1.29, 1.82) is 5.41 Å². The Morgan fingerprint density at radius 3 is 2.02 bits per heavy atom. The van der Waals surface area contributed by atoms with Crippen molar-refractivity contribution in [2.75, 3.05) is 96.9 Å². The van der Waals surface area contributed by atoms with Crippen molar-refractivity contribution in [3.8, 4) is 11.1 Å². The van der Waals surface area contributed by atoms with Gasteiger partial charge in [-0.05, 0) is 98.1 Å². The number of carbonyl (C=O) groups is 6. The fourth-order valence-electron chi connectivity index (χ4n) is 9.39. The van der Waals surface area contributed by atoms with E-state index in [0.717, 1.165) is 88.1 Å². The molecule has 0 saturated carbocycles. The quantitative estimate of drug-likeness (QED) is 0.0313. The van der Waals surface area contributed by atoms with Crippen molar-refractivity contribution in [2.45, 2.75) is 87.1 Å². The summed E-state index contributed by atoms with van der Waals surface area (Å²) in [5.41, 5.74) is 11.4. The van der Waals surface area contributed by atoms with Crippen molar-refractivity contribution < 1.29 is 33.2 Å². The summed E-state index contributed by atoms with van der Waals surface area (Å²) in [5, 5.41) is 16.7. The van der Waals surface area contributed by atoms with Crippen molar-refractivity contribution in [3.63, 3.8) is 0 Å². The van der Waals surface area contributed by atoms with Crippen LogP contribution < -0.4 is 21.7 Å². The Morgan fingerprint density at radius 2 is 1.41 bits per heavy atom. The Balaban J connectivity index is 0.000000396. The first-order valence-corrected chi connectivity index (χ1v) is 28.7. The average Bonchev–Trinajstić information content (AvgIpc) is 3.58. The minimum absolute atomic E-state index is 0.0229. The van der Waals surface area contributed by atoms with Crippen LogP contribution in [0.5, 0.6) is 0 Å². The predicted octanol–water partition coefficient (Wildman–Crippen LogP) is 6.64. The Bertz CT molecular complexity index is 2800. The number of amides is 6. The number of hydrogen-bond donors (Lipinski definition) is 5. The molecule has 0 unspecified atom stereocenters. The van der Waals surface area contributed by atoms with E-state index >= 15 is 0 Å². The molecule has 3 saturated heterocycles. The van der Waals surface area contributed by atoms with E-state index in [-0.39, 0.29) is 41.5 Å². The molecule has 5 heterocycles. The molecule has 442 valence electrons. The zero-order chi connectivity index (χ0) is 59.8. The van der Waals surface area contributed by atoms with E-state index in [0.29, 0.717) is 99.3 Å². The van der Waals surface area contributed by atoms with Crippen LogP contribution in [0.4, 0.5) is 10.1 Å². The normalized spacial score (nSPS) is 14.4. The minimum Gasteiger partial charge on any atom is -0.366 e. The third-order valence-electron chi connectivity index (χ3n) is 13.9. The standard InChI is InChI=1S/C38H50N10O4.C16H15FN2O.C4H9NO.2C2H6/c1-2-29-5-3-6-31(21-29)32-22-33(43-35(50)25-39-24-34-40-9-4-10-41-34)37(42-23-32)38(52)48-19-13-45(14-20-48)26-30-7-11-44(12-8-30)27-36(51)47-17-15-46(28-49)16-18-47;1-10-8-11(6-7-14(10)17)9-15(18)12-4-2-3-5-13(12)16(19)20;1-2-3-5-4-6;2*1-2/h3-6,9-10,21-23,28,30,39H,2,7-8,11-20,24-27H2,1H3,(H,43,50);2-8,18H,9H2,1H3,(H2,19,20);4H,2-3H2,1H3,(H,5,6);2*1-2H3. The van der Waals surface area contributed by atoms with Crippen LogP contribution in [0.1, 0.15) is 110 Å². The summed E-state index contributed by atoms with van der Waals surface area (Å²) >= 11 is 0. The summed E-state index contributed by atoms with van der Waals surface area (Å²) in [6, 6.07) is 23.3. The van der Waals surface area contributed by atoms with Crippen LogP contribution in [0.15, 0.2) is 97.5 Å². The molecular formula is C62H86FN13O6. The van der Waals surface area contributed by atoms with Crippen LogP contribution in [0.3, 0.4) is 0 Å². The van der Waals surface area contributed by atoms with E-state index in [2.05, 4.69) is 59.8 Å². The summed E-state index contributed by atoms with van der Waals surface area (Å²) in [6.07, 6.45) is 10.9. The van der Waals surface area contributed by atoms with Crippen LogP contribution >= 0.6 is 0 Å². The molecule has 0 radical (unpaired) electrons. The van der Waals surface area contributed by atoms with Gasteiger partial charge in [0.1, 0.15) is 11.6 Å². The number of piperidine rings is 1. The van der Waals surface area contributed by atoms with E-state index in [4.69, 9.17) is 11.1 Å². The van der Waals surface area contributed by atoms with E-state index in [1.54, 1.807) is 72.9 Å². The number of benzene rings is 3. The number of hydrogen-bond acceptors (Lipinski definition) is 13. The van der Waals surface area contributed by atoms with Gasteiger partial charge in [-0.15, -0.1) is 0 Å². The second kappa shape index (κ2) is 36.5. The number of halogens is 1. The van der Waals surface area contributed by atoms with Crippen molar-refractivity contribution in [2.24, 2.45) is 11.7 Å². The lowest BCUT2D eigenvalue weighted by molar-refractivity contribution is -0.136. The number of pyridine rings is 1. The monoisotopic (exact) mass is 1130 g/mol. The van der Waals surface area contributed by atoms with Gasteiger partial charge in [-0.3, -0.25) is 38.6 Å². The number of nitrogens with two attached hydrogens (primary N) is 1. The first-order valence-electron chi connectivity index (χ1n) is 28.7. The lowest BCUT2D eigenvalue weighted by Crippen LogP contribution is -2.52. The van der Waals surface area contributed by atoms with Gasteiger partial charge < -0.3 is 41.8 Å². The SMILES string of the molecule is CC.CC.CCCNC=O.CCc1cccc(-c2cnc(C(=O)N3CCN(CC4CCN(CC(=O)N5CCN(C=O)CC5)CC4)CC3)c(NC(=O)CNCc3ncccn3)c2)c1.Cc1cc(CC(=N)c2ccccc2C(N)=O)ccc1F. The molecule has 6 N–H and O–H groups in total. The van der Waals surface area contributed by atoms with Gasteiger partial charge in [-0.25, -0.2) is 19.3 Å². The zero-order valence-corrected chi connectivity index (χ0v) is 49.1. The number of likely N-dealkylation sites (tertiary alicyclic amines) is 1. The van der Waals surface area contributed by atoms with Crippen molar-refractivity contribution in [3.05, 3.63) is 143 Å². The molecule has 8 rings (SSSR count). The molecule has 20 heteroatoms. The van der Waals surface area contributed by atoms with Crippen LogP contribution in [0.25, 0.3) is 11.1 Å². The summed E-state index contributed by atoms with van der Waals surface area (Å²) in [6.45, 7) is 23.3. The number of aryl methyl sites for hydroxylation is 2. The van der Waals surface area contributed by atoms with E-state index < -0.39 is 5.91 Å². The van der Waals surface area contributed by atoms with Gasteiger partial charge in [0.2, 0.25) is 30.5 Å². The average molecular weight is 1130 g/mol. The summed E-state index contributed by atoms with van der Waals surface area (Å²) in [7, 11) is 0. The molecule has 0 spiro atoms. The molecule has 6 amide bonds. The molecule has 19 nitrogen and oxygen atoms in total. The highest BCUT2D eigenvalue weighted by Gasteiger charge is 2.30. The maximum Gasteiger partial charge on any atom is 0.274 e. The number of primary amides is 1. The Morgan fingerprint density at radius 1 is 0.744 bits per heavy atom. The molecular weight excluding hydrogens is 1040 g/mol. The van der Waals surface area contributed by atoms with Crippen LogP contribution in [0.2, 0.25) is 0 Å². The van der Waals surface area contributed by atoms with Crippen molar-refractivity contribution in [1.82, 2.24) is 50.1 Å². The number of carbonyl (C=O) groups excluding carboxylic acids is 6. The lowest BCUT2D eigenvalue weighted by Gasteiger charge is -2.39. The maximum absolute atomic E-state index is 13.9. The Hall–Kier alpha value is -7.81. The van der Waals surface area contributed by atoms with Gasteiger partial charge in [-0.1, -0.05) is 96.1 Å². The van der Waals surface area contributed by atoms with Gasteiger partial charge in [0, 0.05) is 113 Å². The highest BCUT2D eigenvalue weighted by molar-refractivity contribution is 6.09. The number of nitrogens with one attached hydrogen (secondary N) is 4. The fraction of sp³-hybridized carbons (Fsp3) is 0.452. The second-order valence-corrected chi connectivity index (χ2v) is 19.5. The highest BCUT2D eigenvalue weighted by Crippen LogP contribution is 2.27. The van der Waals surface area contributed by atoms with Crippen LogP contribution in [-0.2, 0) is 38.6 Å². The molecule has 0 atom stereocenters. The lowest BCUT2D eigenvalue weighted by atomic mass is 9.96.